The molecule has 1 N–H and O–H groups in total. The van der Waals surface area contributed by atoms with Gasteiger partial charge in [0.25, 0.3) is 0 Å². The second kappa shape index (κ2) is 6.65. The smallest absolute Gasteiger partial charge is 0.0787 e. The Balaban J connectivity index is 2.84. The van der Waals surface area contributed by atoms with E-state index in [1.54, 1.807) is 0 Å². The summed E-state index contributed by atoms with van der Waals surface area (Å²) in [5.41, 5.74) is 2.25. The van der Waals surface area contributed by atoms with Gasteiger partial charge in [-0.15, -0.1) is 0 Å². The van der Waals surface area contributed by atoms with Crippen molar-refractivity contribution < 1.29 is 5.11 Å². The molecule has 17 heavy (non-hydrogen) atoms. The van der Waals surface area contributed by atoms with Crippen molar-refractivity contribution in [1.29, 1.82) is 0 Å². The molecule has 0 heterocycles. The van der Waals surface area contributed by atoms with Crippen LogP contribution in [0.5, 0.6) is 0 Å². The Hall–Kier alpha value is -1.02. The van der Waals surface area contributed by atoms with Crippen molar-refractivity contribution in [3.63, 3.8) is 0 Å². The van der Waals surface area contributed by atoms with E-state index in [0.29, 0.717) is 6.04 Å². The first-order valence-electron chi connectivity index (χ1n) is 6.64. The minimum atomic E-state index is -0.331. The molecule has 0 aliphatic rings. The third kappa shape index (κ3) is 3.74. The molecule has 1 aromatic rings. The quantitative estimate of drug-likeness (QED) is 0.811. The molecule has 0 unspecified atom stereocenters. The van der Waals surface area contributed by atoms with Crippen LogP contribution in [0.2, 0.25) is 0 Å². The first-order valence-corrected chi connectivity index (χ1v) is 6.64. The minimum absolute atomic E-state index is 0.331. The number of hydrogen-bond donors (Lipinski definition) is 1. The van der Waals surface area contributed by atoms with Gasteiger partial charge in [0.2, 0.25) is 0 Å². The molecule has 0 aromatic heterocycles. The number of aliphatic hydroxyl groups is 1. The van der Waals surface area contributed by atoms with Crippen LogP contribution in [0.3, 0.4) is 0 Å². The fraction of sp³-hybridized carbons (Fsp3) is 0.600. The first-order chi connectivity index (χ1) is 8.10. The highest BCUT2D eigenvalue weighted by Gasteiger charge is 2.10. The molecule has 0 bridgehead atoms. The predicted octanol–water partition coefficient (Wildman–Crippen LogP) is 3.75. The topological polar surface area (TPSA) is 23.5 Å². The summed E-state index contributed by atoms with van der Waals surface area (Å²) in [7, 11) is 0. The number of nitrogens with zero attached hydrogens (tertiary/aromatic N) is 1. The molecule has 1 rings (SSSR count). The summed E-state index contributed by atoms with van der Waals surface area (Å²) in [5.74, 6) is 0. The second-order valence-electron chi connectivity index (χ2n) is 4.80. The first kappa shape index (κ1) is 14.0. The molecule has 2 heteroatoms. The lowest BCUT2D eigenvalue weighted by molar-refractivity contribution is 0.173. The number of benzene rings is 1. The van der Waals surface area contributed by atoms with E-state index in [4.69, 9.17) is 0 Å². The summed E-state index contributed by atoms with van der Waals surface area (Å²) in [6.45, 7) is 9.70. The van der Waals surface area contributed by atoms with Crippen molar-refractivity contribution in [1.82, 2.24) is 0 Å². The van der Waals surface area contributed by atoms with Crippen LogP contribution in [0, 0.1) is 0 Å². The average Bonchev–Trinajstić information content (AvgIpc) is 2.35. The molecule has 0 amide bonds. The van der Waals surface area contributed by atoms with Gasteiger partial charge >= 0.3 is 0 Å². The molecule has 0 fully saturated rings. The molecule has 2 nitrogen and oxygen atoms in total. The van der Waals surface area contributed by atoms with Crippen LogP contribution in [-0.2, 0) is 0 Å². The molecule has 0 radical (unpaired) electrons. The van der Waals surface area contributed by atoms with Gasteiger partial charge in [-0.25, -0.2) is 0 Å². The van der Waals surface area contributed by atoms with E-state index in [2.05, 4.69) is 37.8 Å². The van der Waals surface area contributed by atoms with Gasteiger partial charge in [-0.05, 0) is 44.4 Å². The van der Waals surface area contributed by atoms with Crippen LogP contribution < -0.4 is 4.90 Å². The maximum absolute atomic E-state index is 9.76. The Kier molecular flexibility index (Phi) is 5.49. The lowest BCUT2D eigenvalue weighted by Gasteiger charge is -2.29. The van der Waals surface area contributed by atoms with Gasteiger partial charge in [0, 0.05) is 18.3 Å². The Bertz CT molecular complexity index is 318. The van der Waals surface area contributed by atoms with Crippen LogP contribution in [-0.4, -0.2) is 17.7 Å². The van der Waals surface area contributed by atoms with E-state index in [-0.39, 0.29) is 6.10 Å². The highest BCUT2D eigenvalue weighted by molar-refractivity contribution is 5.48. The van der Waals surface area contributed by atoms with Crippen molar-refractivity contribution in [3.8, 4) is 0 Å². The Morgan fingerprint density at radius 1 is 1.12 bits per heavy atom. The van der Waals surface area contributed by atoms with Crippen LogP contribution in [0.4, 0.5) is 5.69 Å². The predicted molar refractivity (Wildman–Crippen MR) is 74.5 cm³/mol. The minimum Gasteiger partial charge on any atom is -0.388 e. The third-order valence-electron chi connectivity index (χ3n) is 3.08. The summed E-state index contributed by atoms with van der Waals surface area (Å²) in [6.07, 6.45) is 1.59. The summed E-state index contributed by atoms with van der Waals surface area (Å²) in [4.78, 5) is 2.39. The maximum Gasteiger partial charge on any atom is 0.0787 e. The van der Waals surface area contributed by atoms with Crippen LogP contribution >= 0.6 is 0 Å². The van der Waals surface area contributed by atoms with E-state index in [1.807, 2.05) is 19.1 Å². The molecule has 0 saturated heterocycles. The number of anilines is 1. The van der Waals surface area contributed by atoms with Gasteiger partial charge in [-0.3, -0.25) is 0 Å². The zero-order valence-corrected chi connectivity index (χ0v) is 11.5. The Labute approximate surface area is 105 Å². The SMILES string of the molecule is CCCN(c1ccc([C@H](O)CC)cc1)C(C)C. The molecule has 0 saturated carbocycles. The number of aliphatic hydroxyl groups excluding tert-OH is 1. The molecule has 1 atom stereocenters. The molecule has 1 aromatic carbocycles. The van der Waals surface area contributed by atoms with Crippen LogP contribution in [0.15, 0.2) is 24.3 Å². The highest BCUT2D eigenvalue weighted by atomic mass is 16.3. The lowest BCUT2D eigenvalue weighted by atomic mass is 10.1. The van der Waals surface area contributed by atoms with Gasteiger partial charge in [0.15, 0.2) is 0 Å². The highest BCUT2D eigenvalue weighted by Crippen LogP contribution is 2.22. The molecular weight excluding hydrogens is 210 g/mol. The van der Waals surface area contributed by atoms with Crippen molar-refractivity contribution in [2.24, 2.45) is 0 Å². The number of hydrogen-bond acceptors (Lipinski definition) is 2. The average molecular weight is 235 g/mol. The van der Waals surface area contributed by atoms with Gasteiger partial charge in [-0.1, -0.05) is 26.0 Å². The maximum atomic E-state index is 9.76. The summed E-state index contributed by atoms with van der Waals surface area (Å²) in [5, 5.41) is 9.76. The van der Waals surface area contributed by atoms with Crippen molar-refractivity contribution >= 4 is 5.69 Å². The second-order valence-corrected chi connectivity index (χ2v) is 4.80. The monoisotopic (exact) mass is 235 g/mol. The lowest BCUT2D eigenvalue weighted by Crippen LogP contribution is -2.31. The third-order valence-corrected chi connectivity index (χ3v) is 3.08. The fourth-order valence-electron chi connectivity index (χ4n) is 2.05. The normalized spacial score (nSPS) is 12.8. The fourth-order valence-corrected chi connectivity index (χ4v) is 2.05. The van der Waals surface area contributed by atoms with E-state index in [1.165, 1.54) is 5.69 Å². The van der Waals surface area contributed by atoms with Crippen molar-refractivity contribution in [2.75, 3.05) is 11.4 Å². The molecule has 0 aliphatic heterocycles. The van der Waals surface area contributed by atoms with E-state index < -0.39 is 0 Å². The summed E-state index contributed by atoms with van der Waals surface area (Å²) < 4.78 is 0. The standard InChI is InChI=1S/C15H25NO/c1-5-11-16(12(3)4)14-9-7-13(8-10-14)15(17)6-2/h7-10,12,15,17H,5-6,11H2,1-4H3/t15-/m1/s1. The molecule has 0 spiro atoms. The Morgan fingerprint density at radius 3 is 2.12 bits per heavy atom. The van der Waals surface area contributed by atoms with Crippen LogP contribution in [0.1, 0.15) is 52.2 Å². The Morgan fingerprint density at radius 2 is 1.71 bits per heavy atom. The zero-order chi connectivity index (χ0) is 12.8. The number of rotatable bonds is 6. The van der Waals surface area contributed by atoms with E-state index in [0.717, 1.165) is 24.9 Å². The zero-order valence-electron chi connectivity index (χ0n) is 11.5. The largest absolute Gasteiger partial charge is 0.388 e. The van der Waals surface area contributed by atoms with Gasteiger partial charge in [0.05, 0.1) is 6.10 Å². The molecule has 0 aliphatic carbocycles. The van der Waals surface area contributed by atoms with Gasteiger partial charge in [-0.2, -0.15) is 0 Å². The van der Waals surface area contributed by atoms with E-state index >= 15 is 0 Å². The molecule has 96 valence electrons. The molecular formula is C15H25NO. The van der Waals surface area contributed by atoms with Gasteiger partial charge < -0.3 is 10.0 Å². The van der Waals surface area contributed by atoms with Crippen LogP contribution in [0.25, 0.3) is 0 Å². The summed E-state index contributed by atoms with van der Waals surface area (Å²) >= 11 is 0. The summed E-state index contributed by atoms with van der Waals surface area (Å²) in [6, 6.07) is 8.81. The van der Waals surface area contributed by atoms with Crippen molar-refractivity contribution in [3.05, 3.63) is 29.8 Å². The van der Waals surface area contributed by atoms with E-state index in [9.17, 15) is 5.11 Å². The van der Waals surface area contributed by atoms with Gasteiger partial charge in [0.1, 0.15) is 0 Å². The van der Waals surface area contributed by atoms with Crippen molar-refractivity contribution in [2.45, 2.75) is 52.7 Å².